The summed E-state index contributed by atoms with van der Waals surface area (Å²) in [5, 5.41) is 0. The molecule has 0 aliphatic rings. The average molecular weight is 325 g/mol. The van der Waals surface area contributed by atoms with E-state index < -0.39 is 0 Å². The Morgan fingerprint density at radius 1 is 0.696 bits per heavy atom. The van der Waals surface area contributed by atoms with E-state index >= 15 is 0 Å². The molecule has 140 valence electrons. The molecule has 0 bridgehead atoms. The highest BCUT2D eigenvalue weighted by Gasteiger charge is 2.16. The van der Waals surface area contributed by atoms with E-state index in [1.807, 2.05) is 55.4 Å². The van der Waals surface area contributed by atoms with E-state index in [0.717, 1.165) is 12.3 Å². The van der Waals surface area contributed by atoms with Crippen LogP contribution in [0, 0.1) is 19.8 Å². The third kappa shape index (κ3) is 11.4. The summed E-state index contributed by atoms with van der Waals surface area (Å²) in [6, 6.07) is 4.52. The van der Waals surface area contributed by atoms with E-state index in [1.54, 1.807) is 11.1 Å². The van der Waals surface area contributed by atoms with Crippen LogP contribution in [0.25, 0.3) is 0 Å². The molecule has 1 unspecified atom stereocenters. The van der Waals surface area contributed by atoms with Gasteiger partial charge in [0.15, 0.2) is 0 Å². The Bertz CT molecular complexity index is 334. The summed E-state index contributed by atoms with van der Waals surface area (Å²) in [6.07, 6.45) is 1.15. The molecule has 0 nitrogen and oxygen atoms in total. The van der Waals surface area contributed by atoms with Gasteiger partial charge in [0, 0.05) is 0 Å². The SMILES string of the molecule is CC.CC.CC.CC.CCc1c(C)ccc(C)c1C(C)C(C)C. The van der Waals surface area contributed by atoms with Crippen molar-refractivity contribution >= 4 is 0 Å². The fraction of sp³-hybridized carbons (Fsp3) is 0.739. The standard InChI is InChI=1S/C15H24.4C2H6/c1-7-14-11(4)8-9-12(5)15(14)13(6)10(2)3;4*1-2/h8-10,13H,7H2,1-6H3;4*1-2H3. The van der Waals surface area contributed by atoms with E-state index in [1.165, 1.54) is 11.1 Å². The molecule has 0 radical (unpaired) electrons. The first-order valence-electron chi connectivity index (χ1n) is 10.1. The highest BCUT2D eigenvalue weighted by Crippen LogP contribution is 2.31. The first-order chi connectivity index (χ1) is 11.0. The van der Waals surface area contributed by atoms with E-state index in [4.69, 9.17) is 0 Å². The molecular weight excluding hydrogens is 276 g/mol. The monoisotopic (exact) mass is 324 g/mol. The van der Waals surface area contributed by atoms with Gasteiger partial charge in [-0.25, -0.2) is 0 Å². The Labute approximate surface area is 150 Å². The number of aryl methyl sites for hydroxylation is 2. The van der Waals surface area contributed by atoms with Gasteiger partial charge in [-0.2, -0.15) is 0 Å². The molecule has 1 aromatic carbocycles. The second kappa shape index (κ2) is 21.2. The van der Waals surface area contributed by atoms with E-state index in [2.05, 4.69) is 53.7 Å². The van der Waals surface area contributed by atoms with Gasteiger partial charge in [-0.05, 0) is 54.4 Å². The second-order valence-electron chi connectivity index (χ2n) is 4.98. The lowest BCUT2D eigenvalue weighted by Crippen LogP contribution is -2.08. The summed E-state index contributed by atoms with van der Waals surface area (Å²) in [7, 11) is 0. The second-order valence-corrected chi connectivity index (χ2v) is 4.98. The summed E-state index contributed by atoms with van der Waals surface area (Å²) >= 11 is 0. The zero-order valence-corrected chi connectivity index (χ0v) is 19.0. The highest BCUT2D eigenvalue weighted by molar-refractivity contribution is 5.42. The molecule has 0 fully saturated rings. The fourth-order valence-electron chi connectivity index (χ4n) is 2.33. The molecule has 23 heavy (non-hydrogen) atoms. The normalized spacial score (nSPS) is 9.70. The maximum absolute atomic E-state index is 2.35. The van der Waals surface area contributed by atoms with Crippen molar-refractivity contribution in [3.8, 4) is 0 Å². The van der Waals surface area contributed by atoms with Crippen molar-refractivity contribution in [3.05, 3.63) is 34.4 Å². The lowest BCUT2D eigenvalue weighted by Gasteiger charge is -2.23. The maximum Gasteiger partial charge on any atom is -0.0162 e. The van der Waals surface area contributed by atoms with E-state index in [-0.39, 0.29) is 0 Å². The first kappa shape index (κ1) is 30.1. The molecule has 0 aliphatic heterocycles. The number of rotatable bonds is 3. The van der Waals surface area contributed by atoms with Crippen LogP contribution < -0.4 is 0 Å². The molecule has 0 spiro atoms. The minimum absolute atomic E-state index is 0.667. The smallest absolute Gasteiger partial charge is 0.0162 e. The van der Waals surface area contributed by atoms with Crippen molar-refractivity contribution in [2.24, 2.45) is 5.92 Å². The summed E-state index contributed by atoms with van der Waals surface area (Å²) in [5.74, 6) is 1.38. The summed E-state index contributed by atoms with van der Waals surface area (Å²) in [4.78, 5) is 0. The van der Waals surface area contributed by atoms with Crippen molar-refractivity contribution in [2.45, 2.75) is 109 Å². The van der Waals surface area contributed by atoms with Crippen LogP contribution in [0.5, 0.6) is 0 Å². The van der Waals surface area contributed by atoms with E-state index in [9.17, 15) is 0 Å². The summed E-state index contributed by atoms with van der Waals surface area (Å²) in [6.45, 7) is 29.7. The van der Waals surface area contributed by atoms with Gasteiger partial charge in [-0.3, -0.25) is 0 Å². The van der Waals surface area contributed by atoms with Gasteiger partial charge < -0.3 is 0 Å². The zero-order chi connectivity index (χ0) is 19.6. The lowest BCUT2D eigenvalue weighted by molar-refractivity contribution is 0.529. The Morgan fingerprint density at radius 3 is 1.35 bits per heavy atom. The Balaban J connectivity index is -0.000000196. The van der Waals surface area contributed by atoms with Crippen LogP contribution in [0.3, 0.4) is 0 Å². The van der Waals surface area contributed by atoms with Crippen LogP contribution in [0.15, 0.2) is 12.1 Å². The van der Waals surface area contributed by atoms with Crippen LogP contribution in [0.2, 0.25) is 0 Å². The van der Waals surface area contributed by atoms with Crippen LogP contribution in [0.1, 0.15) is 111 Å². The van der Waals surface area contributed by atoms with Gasteiger partial charge in [0.1, 0.15) is 0 Å². The van der Waals surface area contributed by atoms with Gasteiger partial charge in [0.25, 0.3) is 0 Å². The van der Waals surface area contributed by atoms with Gasteiger partial charge in [-0.15, -0.1) is 0 Å². The van der Waals surface area contributed by atoms with E-state index in [0.29, 0.717) is 5.92 Å². The topological polar surface area (TPSA) is 0 Å². The van der Waals surface area contributed by atoms with Crippen LogP contribution >= 0.6 is 0 Å². The number of hydrogen-bond acceptors (Lipinski definition) is 0. The van der Waals surface area contributed by atoms with Crippen LogP contribution in [-0.2, 0) is 6.42 Å². The van der Waals surface area contributed by atoms with Crippen molar-refractivity contribution in [1.29, 1.82) is 0 Å². The largest absolute Gasteiger partial charge is 0.0683 e. The maximum atomic E-state index is 2.35. The third-order valence-corrected chi connectivity index (χ3v) is 3.62. The molecule has 0 heterocycles. The Morgan fingerprint density at radius 2 is 1.04 bits per heavy atom. The fourth-order valence-corrected chi connectivity index (χ4v) is 2.33. The minimum atomic E-state index is 0.667. The van der Waals surface area contributed by atoms with Crippen molar-refractivity contribution in [1.82, 2.24) is 0 Å². The van der Waals surface area contributed by atoms with Crippen molar-refractivity contribution < 1.29 is 0 Å². The molecule has 1 rings (SSSR count). The predicted molar refractivity (Wildman–Crippen MR) is 114 cm³/mol. The predicted octanol–water partition coefficient (Wildman–Crippen LogP) is 8.73. The minimum Gasteiger partial charge on any atom is -0.0683 e. The molecule has 0 saturated heterocycles. The highest BCUT2D eigenvalue weighted by atomic mass is 14.2. The van der Waals surface area contributed by atoms with Crippen molar-refractivity contribution in [2.75, 3.05) is 0 Å². The first-order valence-corrected chi connectivity index (χ1v) is 10.1. The number of hydrogen-bond donors (Lipinski definition) is 0. The molecule has 1 atom stereocenters. The molecule has 0 saturated carbocycles. The summed E-state index contributed by atoms with van der Waals surface area (Å²) < 4.78 is 0. The van der Waals surface area contributed by atoms with Crippen molar-refractivity contribution in [3.63, 3.8) is 0 Å². The van der Waals surface area contributed by atoms with Gasteiger partial charge in [0.05, 0.1) is 0 Å². The zero-order valence-electron chi connectivity index (χ0n) is 19.0. The third-order valence-electron chi connectivity index (χ3n) is 3.62. The summed E-state index contributed by atoms with van der Waals surface area (Å²) in [5.41, 5.74) is 6.06. The Kier molecular flexibility index (Phi) is 27.8. The van der Waals surface area contributed by atoms with Gasteiger partial charge in [-0.1, -0.05) is 95.2 Å². The lowest BCUT2D eigenvalue weighted by atomic mass is 9.82. The molecule has 0 aliphatic carbocycles. The number of benzene rings is 1. The average Bonchev–Trinajstić information content (AvgIpc) is 2.62. The van der Waals surface area contributed by atoms with Gasteiger partial charge in [0.2, 0.25) is 0 Å². The molecule has 1 aromatic rings. The van der Waals surface area contributed by atoms with Crippen LogP contribution in [-0.4, -0.2) is 0 Å². The quantitative estimate of drug-likeness (QED) is 0.521. The molecule has 0 aromatic heterocycles. The molecular formula is C23H48. The Hall–Kier alpha value is -0.780. The molecule has 0 N–H and O–H groups in total. The van der Waals surface area contributed by atoms with Gasteiger partial charge >= 0.3 is 0 Å². The molecule has 0 heteroatoms. The molecule has 0 amide bonds. The van der Waals surface area contributed by atoms with Crippen LogP contribution in [0.4, 0.5) is 0 Å².